The van der Waals surface area contributed by atoms with E-state index in [1.165, 1.54) is 23.6 Å². The van der Waals surface area contributed by atoms with Gasteiger partial charge in [-0.1, -0.05) is 37.3 Å². The number of fused-ring (bicyclic) bond motifs is 1. The molecule has 0 saturated carbocycles. The van der Waals surface area contributed by atoms with Crippen LogP contribution in [0.25, 0.3) is 11.2 Å². The van der Waals surface area contributed by atoms with Gasteiger partial charge < -0.3 is 15.4 Å². The van der Waals surface area contributed by atoms with Gasteiger partial charge in [0.2, 0.25) is 5.91 Å². The van der Waals surface area contributed by atoms with Crippen molar-refractivity contribution >= 4 is 22.8 Å². The van der Waals surface area contributed by atoms with E-state index in [4.69, 9.17) is 0 Å². The molecule has 0 fully saturated rings. The minimum absolute atomic E-state index is 0.130. The molecule has 188 valence electrons. The highest BCUT2D eigenvalue weighted by Gasteiger charge is 2.20. The molecular formula is C26H28FN5O4. The second-order valence-corrected chi connectivity index (χ2v) is 8.77. The van der Waals surface area contributed by atoms with Gasteiger partial charge in [-0.25, -0.2) is 14.2 Å². The van der Waals surface area contributed by atoms with Crippen molar-refractivity contribution in [1.29, 1.82) is 0 Å². The fourth-order valence-corrected chi connectivity index (χ4v) is 4.08. The molecule has 4 rings (SSSR count). The number of carbonyl (C=O) groups excluding carboxylic acids is 1. The number of hydrogen-bond acceptors (Lipinski definition) is 5. The van der Waals surface area contributed by atoms with E-state index in [9.17, 15) is 23.9 Å². The van der Waals surface area contributed by atoms with Crippen molar-refractivity contribution in [3.63, 3.8) is 0 Å². The Morgan fingerprint density at radius 1 is 1.14 bits per heavy atom. The van der Waals surface area contributed by atoms with Crippen molar-refractivity contribution in [3.8, 4) is 0 Å². The Bertz CT molecular complexity index is 1500. The van der Waals surface area contributed by atoms with E-state index in [1.807, 2.05) is 19.1 Å². The van der Waals surface area contributed by atoms with Gasteiger partial charge in [-0.15, -0.1) is 0 Å². The fraction of sp³-hybridized carbons (Fsp3) is 0.308. The quantitative estimate of drug-likeness (QED) is 0.331. The van der Waals surface area contributed by atoms with Gasteiger partial charge in [0, 0.05) is 37.7 Å². The summed E-state index contributed by atoms with van der Waals surface area (Å²) in [5.74, 6) is -0.418. The van der Waals surface area contributed by atoms with Crippen LogP contribution in [-0.4, -0.2) is 36.7 Å². The molecule has 36 heavy (non-hydrogen) atoms. The van der Waals surface area contributed by atoms with Crippen LogP contribution in [0.3, 0.4) is 0 Å². The first kappa shape index (κ1) is 25.1. The predicted molar refractivity (Wildman–Crippen MR) is 135 cm³/mol. The lowest BCUT2D eigenvalue weighted by atomic mass is 10.1. The molecule has 3 N–H and O–H groups in total. The molecule has 0 spiro atoms. The summed E-state index contributed by atoms with van der Waals surface area (Å²) in [5.41, 5.74) is 0.901. The minimum Gasteiger partial charge on any atom is -0.396 e. The average Bonchev–Trinajstić information content (AvgIpc) is 3.28. The third-order valence-electron chi connectivity index (χ3n) is 6.12. The number of anilines is 1. The SMILES string of the molecule is CCC(CO)Cn1c(=O)n(Cc2ccccc2F)c(=O)c2[nH]c(Cc3ccc(NC(C)=O)cc3)nc21. The van der Waals surface area contributed by atoms with Crippen molar-refractivity contribution in [3.05, 3.63) is 92.1 Å². The second-order valence-electron chi connectivity index (χ2n) is 8.77. The molecule has 2 aromatic heterocycles. The van der Waals surface area contributed by atoms with Crippen LogP contribution >= 0.6 is 0 Å². The third kappa shape index (κ3) is 5.28. The maximum atomic E-state index is 14.3. The number of H-pyrrole nitrogens is 1. The monoisotopic (exact) mass is 493 g/mol. The topological polar surface area (TPSA) is 122 Å². The summed E-state index contributed by atoms with van der Waals surface area (Å²) in [6.07, 6.45) is 0.974. The van der Waals surface area contributed by atoms with Crippen molar-refractivity contribution in [2.75, 3.05) is 11.9 Å². The Morgan fingerprint density at radius 2 is 1.86 bits per heavy atom. The number of aliphatic hydroxyl groups is 1. The summed E-state index contributed by atoms with van der Waals surface area (Å²) in [5, 5.41) is 12.4. The largest absolute Gasteiger partial charge is 0.396 e. The van der Waals surface area contributed by atoms with E-state index in [-0.39, 0.29) is 48.2 Å². The zero-order valence-corrected chi connectivity index (χ0v) is 20.1. The van der Waals surface area contributed by atoms with Crippen molar-refractivity contribution in [2.45, 2.75) is 39.8 Å². The molecule has 4 aromatic rings. The molecule has 0 aliphatic rings. The number of aromatic nitrogens is 4. The number of rotatable bonds is 9. The molecule has 0 aliphatic carbocycles. The zero-order valence-electron chi connectivity index (χ0n) is 20.1. The number of nitrogens with one attached hydrogen (secondary N) is 2. The van der Waals surface area contributed by atoms with Crippen LogP contribution in [-0.2, 0) is 24.3 Å². The summed E-state index contributed by atoms with van der Waals surface area (Å²) >= 11 is 0. The standard InChI is InChI=1S/C26H28FN5O4/c1-3-17(15-33)13-31-24-23(25(35)32(26(31)36)14-19-6-4-5-7-21(19)27)29-22(30-24)12-18-8-10-20(11-9-18)28-16(2)34/h4-11,17,33H,3,12-15H2,1-2H3,(H,28,34)(H,29,30). The highest BCUT2D eigenvalue weighted by molar-refractivity contribution is 5.88. The van der Waals surface area contributed by atoms with E-state index < -0.39 is 17.1 Å². The second kappa shape index (κ2) is 10.7. The Balaban J connectivity index is 1.78. The van der Waals surface area contributed by atoms with Gasteiger partial charge in [-0.2, -0.15) is 0 Å². The van der Waals surface area contributed by atoms with Crippen LogP contribution in [0.4, 0.5) is 10.1 Å². The van der Waals surface area contributed by atoms with Crippen LogP contribution in [0.1, 0.15) is 37.2 Å². The lowest BCUT2D eigenvalue weighted by Gasteiger charge is -2.16. The molecule has 2 aromatic carbocycles. The molecular weight excluding hydrogens is 465 g/mol. The lowest BCUT2D eigenvalue weighted by Crippen LogP contribution is -2.41. The molecule has 9 nitrogen and oxygen atoms in total. The van der Waals surface area contributed by atoms with Gasteiger partial charge in [-0.3, -0.25) is 18.7 Å². The van der Waals surface area contributed by atoms with Crippen molar-refractivity contribution in [2.24, 2.45) is 5.92 Å². The maximum absolute atomic E-state index is 14.3. The number of amides is 1. The number of nitrogens with zero attached hydrogens (tertiary/aromatic N) is 3. The summed E-state index contributed by atoms with van der Waals surface area (Å²) in [4.78, 5) is 45.6. The fourth-order valence-electron chi connectivity index (χ4n) is 4.08. The zero-order chi connectivity index (χ0) is 25.8. The number of imidazole rings is 1. The van der Waals surface area contributed by atoms with E-state index in [0.717, 1.165) is 10.1 Å². The van der Waals surface area contributed by atoms with Crippen LogP contribution < -0.4 is 16.6 Å². The van der Waals surface area contributed by atoms with Crippen molar-refractivity contribution in [1.82, 2.24) is 19.1 Å². The number of aliphatic hydroxyl groups excluding tert-OH is 1. The molecule has 1 unspecified atom stereocenters. The van der Waals surface area contributed by atoms with E-state index in [1.54, 1.807) is 24.3 Å². The summed E-state index contributed by atoms with van der Waals surface area (Å²) in [6.45, 7) is 3.14. The molecule has 0 aliphatic heterocycles. The molecule has 2 heterocycles. The normalized spacial score (nSPS) is 12.1. The summed E-state index contributed by atoms with van der Waals surface area (Å²) in [7, 11) is 0. The minimum atomic E-state index is -0.611. The number of benzene rings is 2. The molecule has 10 heteroatoms. The van der Waals surface area contributed by atoms with Crippen LogP contribution in [0.5, 0.6) is 0 Å². The number of halogens is 1. The first-order valence-corrected chi connectivity index (χ1v) is 11.7. The summed E-state index contributed by atoms with van der Waals surface area (Å²) < 4.78 is 16.7. The number of hydrogen-bond donors (Lipinski definition) is 3. The van der Waals surface area contributed by atoms with Gasteiger partial charge in [-0.05, 0) is 36.1 Å². The third-order valence-corrected chi connectivity index (χ3v) is 6.12. The smallest absolute Gasteiger partial charge is 0.333 e. The Labute approximate surface area is 206 Å². The molecule has 1 atom stereocenters. The number of carbonyl (C=O) groups is 1. The van der Waals surface area contributed by atoms with E-state index in [2.05, 4.69) is 15.3 Å². The first-order valence-electron chi connectivity index (χ1n) is 11.7. The summed E-state index contributed by atoms with van der Waals surface area (Å²) in [6, 6.07) is 13.2. The Morgan fingerprint density at radius 3 is 2.50 bits per heavy atom. The highest BCUT2D eigenvalue weighted by atomic mass is 19.1. The van der Waals surface area contributed by atoms with Crippen LogP contribution in [0, 0.1) is 11.7 Å². The maximum Gasteiger partial charge on any atom is 0.333 e. The van der Waals surface area contributed by atoms with Gasteiger partial charge in [0.15, 0.2) is 5.65 Å². The van der Waals surface area contributed by atoms with Crippen LogP contribution in [0.2, 0.25) is 0 Å². The van der Waals surface area contributed by atoms with E-state index >= 15 is 0 Å². The van der Waals surface area contributed by atoms with Gasteiger partial charge in [0.1, 0.15) is 17.2 Å². The average molecular weight is 494 g/mol. The number of aromatic amines is 1. The Hall–Kier alpha value is -4.05. The van der Waals surface area contributed by atoms with Crippen molar-refractivity contribution < 1.29 is 14.3 Å². The Kier molecular flexibility index (Phi) is 7.44. The van der Waals surface area contributed by atoms with Gasteiger partial charge in [0.25, 0.3) is 5.56 Å². The molecule has 0 radical (unpaired) electrons. The first-order chi connectivity index (χ1) is 17.3. The van der Waals surface area contributed by atoms with Crippen LogP contribution in [0.15, 0.2) is 58.1 Å². The van der Waals surface area contributed by atoms with Gasteiger partial charge in [0.05, 0.1) is 6.54 Å². The molecule has 0 bridgehead atoms. The predicted octanol–water partition coefficient (Wildman–Crippen LogP) is 2.64. The lowest BCUT2D eigenvalue weighted by molar-refractivity contribution is -0.114. The molecule has 0 saturated heterocycles. The highest BCUT2D eigenvalue weighted by Crippen LogP contribution is 2.16. The molecule has 1 amide bonds. The van der Waals surface area contributed by atoms with Gasteiger partial charge >= 0.3 is 5.69 Å². The van der Waals surface area contributed by atoms with E-state index in [0.29, 0.717) is 24.4 Å².